The van der Waals surface area contributed by atoms with Crippen molar-refractivity contribution in [3.63, 3.8) is 0 Å². The van der Waals surface area contributed by atoms with Crippen LogP contribution in [0.1, 0.15) is 18.4 Å². The third-order valence-electron chi connectivity index (χ3n) is 5.03. The van der Waals surface area contributed by atoms with E-state index in [2.05, 4.69) is 26.2 Å². The predicted octanol–water partition coefficient (Wildman–Crippen LogP) is 4.68. The Labute approximate surface area is 160 Å². The molecule has 2 aromatic carbocycles. The number of carbonyl (C=O) groups excluding carboxylic acids is 1. The van der Waals surface area contributed by atoms with Crippen molar-refractivity contribution in [1.29, 1.82) is 0 Å². The Balaban J connectivity index is 1.66. The fraction of sp³-hybridized carbons (Fsp3) is 0.238. The largest absolute Gasteiger partial charge is 0.381 e. The zero-order valence-electron chi connectivity index (χ0n) is 14.2. The van der Waals surface area contributed by atoms with Gasteiger partial charge in [-0.05, 0) is 42.7 Å². The molecule has 1 aliphatic rings. The predicted molar refractivity (Wildman–Crippen MR) is 106 cm³/mol. The Bertz CT molecular complexity index is 934. The van der Waals surface area contributed by atoms with Gasteiger partial charge in [-0.15, -0.1) is 0 Å². The maximum absolute atomic E-state index is 13.3. The van der Waals surface area contributed by atoms with Crippen LogP contribution in [0.3, 0.4) is 0 Å². The van der Waals surface area contributed by atoms with Crippen LogP contribution in [0.5, 0.6) is 0 Å². The lowest BCUT2D eigenvalue weighted by Gasteiger charge is -2.36. The van der Waals surface area contributed by atoms with Gasteiger partial charge in [0.25, 0.3) is 0 Å². The molecule has 0 radical (unpaired) electrons. The molecule has 0 unspecified atom stereocenters. The molecule has 3 aromatic rings. The molecule has 1 fully saturated rings. The molecule has 1 amide bonds. The van der Waals surface area contributed by atoms with Crippen LogP contribution in [0.4, 0.5) is 5.69 Å². The lowest BCUT2D eigenvalue weighted by atomic mass is 9.73. The summed E-state index contributed by atoms with van der Waals surface area (Å²) in [5.74, 6) is 0.000188. The average Bonchev–Trinajstić information content (AvgIpc) is 2.69. The van der Waals surface area contributed by atoms with Crippen LogP contribution < -0.4 is 5.32 Å². The number of anilines is 1. The molecule has 0 bridgehead atoms. The summed E-state index contributed by atoms with van der Waals surface area (Å²) in [6, 6.07) is 17.9. The van der Waals surface area contributed by atoms with Crippen molar-refractivity contribution in [3.05, 3.63) is 70.8 Å². The molecule has 1 N–H and O–H groups in total. The van der Waals surface area contributed by atoms with Gasteiger partial charge in [0, 0.05) is 23.1 Å². The molecule has 1 aromatic heterocycles. The monoisotopic (exact) mass is 410 g/mol. The Morgan fingerprint density at radius 1 is 1.08 bits per heavy atom. The first-order chi connectivity index (χ1) is 12.7. The van der Waals surface area contributed by atoms with E-state index >= 15 is 0 Å². The number of nitrogens with one attached hydrogen (secondary N) is 1. The lowest BCUT2D eigenvalue weighted by Crippen LogP contribution is -2.44. The summed E-state index contributed by atoms with van der Waals surface area (Å²) >= 11 is 3.47. The summed E-state index contributed by atoms with van der Waals surface area (Å²) in [5, 5.41) is 4.10. The highest BCUT2D eigenvalue weighted by Crippen LogP contribution is 2.36. The summed E-state index contributed by atoms with van der Waals surface area (Å²) in [5.41, 5.74) is 2.08. The van der Waals surface area contributed by atoms with Crippen LogP contribution in [0.2, 0.25) is 0 Å². The molecule has 4 rings (SSSR count). The van der Waals surface area contributed by atoms with Crippen LogP contribution in [0.25, 0.3) is 10.9 Å². The topological polar surface area (TPSA) is 51.2 Å². The molecule has 5 heteroatoms. The van der Waals surface area contributed by atoms with E-state index in [4.69, 9.17) is 4.74 Å². The molecule has 0 spiro atoms. The van der Waals surface area contributed by atoms with Gasteiger partial charge in [0.05, 0.1) is 22.8 Å². The average molecular weight is 411 g/mol. The number of carbonyl (C=O) groups is 1. The molecule has 4 nitrogen and oxygen atoms in total. The Kier molecular flexibility index (Phi) is 4.74. The molecule has 26 heavy (non-hydrogen) atoms. The van der Waals surface area contributed by atoms with Crippen molar-refractivity contribution in [2.45, 2.75) is 18.3 Å². The molecule has 0 atom stereocenters. The SMILES string of the molecule is O=C(Nc1cnc2ccccc2c1)C1(c2ccc(Br)cc2)CCOCC1. The van der Waals surface area contributed by atoms with E-state index in [9.17, 15) is 4.79 Å². The van der Waals surface area contributed by atoms with Gasteiger partial charge >= 0.3 is 0 Å². The summed E-state index contributed by atoms with van der Waals surface area (Å²) < 4.78 is 6.53. The second-order valence-corrected chi connectivity index (χ2v) is 7.49. The Hall–Kier alpha value is -2.24. The fourth-order valence-corrected chi connectivity index (χ4v) is 3.79. The van der Waals surface area contributed by atoms with Gasteiger partial charge in [0.2, 0.25) is 5.91 Å². The number of ether oxygens (including phenoxy) is 1. The van der Waals surface area contributed by atoms with Crippen molar-refractivity contribution in [3.8, 4) is 0 Å². The highest BCUT2D eigenvalue weighted by molar-refractivity contribution is 9.10. The number of hydrogen-bond donors (Lipinski definition) is 1. The number of hydrogen-bond acceptors (Lipinski definition) is 3. The van der Waals surface area contributed by atoms with E-state index < -0.39 is 5.41 Å². The fourth-order valence-electron chi connectivity index (χ4n) is 3.53. The quantitative estimate of drug-likeness (QED) is 0.681. The first-order valence-electron chi connectivity index (χ1n) is 8.67. The standard InChI is InChI=1S/C21H19BrN2O2/c22-17-7-5-16(6-8-17)21(9-11-26-12-10-21)20(25)24-18-13-15-3-1-2-4-19(15)23-14-18/h1-8,13-14H,9-12H2,(H,24,25). The van der Waals surface area contributed by atoms with E-state index in [0.29, 0.717) is 26.1 Å². The number of pyridine rings is 1. The zero-order valence-corrected chi connectivity index (χ0v) is 15.8. The summed E-state index contributed by atoms with van der Waals surface area (Å²) in [4.78, 5) is 17.7. The highest BCUT2D eigenvalue weighted by Gasteiger charge is 2.41. The second-order valence-electron chi connectivity index (χ2n) is 6.57. The number of halogens is 1. The third-order valence-corrected chi connectivity index (χ3v) is 5.55. The van der Waals surface area contributed by atoms with Crippen molar-refractivity contribution in [1.82, 2.24) is 4.98 Å². The number of benzene rings is 2. The smallest absolute Gasteiger partial charge is 0.235 e. The number of para-hydroxylation sites is 1. The van der Waals surface area contributed by atoms with Crippen molar-refractivity contribution < 1.29 is 9.53 Å². The van der Waals surface area contributed by atoms with Gasteiger partial charge in [-0.3, -0.25) is 9.78 Å². The summed E-state index contributed by atoms with van der Waals surface area (Å²) in [6.07, 6.45) is 3.05. The molecule has 132 valence electrons. The van der Waals surface area contributed by atoms with Crippen LogP contribution in [0.15, 0.2) is 65.3 Å². The van der Waals surface area contributed by atoms with Gasteiger partial charge in [-0.25, -0.2) is 0 Å². The van der Waals surface area contributed by atoms with Crippen LogP contribution in [0, 0.1) is 0 Å². The minimum absolute atomic E-state index is 0.000188. The van der Waals surface area contributed by atoms with E-state index in [0.717, 1.165) is 26.6 Å². The van der Waals surface area contributed by atoms with Crippen molar-refractivity contribution >= 4 is 38.4 Å². The first-order valence-corrected chi connectivity index (χ1v) is 9.47. The van der Waals surface area contributed by atoms with E-state index in [1.165, 1.54) is 0 Å². The van der Waals surface area contributed by atoms with Crippen LogP contribution in [-0.2, 0) is 14.9 Å². The van der Waals surface area contributed by atoms with Crippen molar-refractivity contribution in [2.24, 2.45) is 0 Å². The third kappa shape index (κ3) is 3.24. The lowest BCUT2D eigenvalue weighted by molar-refractivity contribution is -0.125. The molecular formula is C21H19BrN2O2. The number of rotatable bonds is 3. The number of amides is 1. The molecule has 2 heterocycles. The van der Waals surface area contributed by atoms with Gasteiger partial charge < -0.3 is 10.1 Å². The van der Waals surface area contributed by atoms with E-state index in [-0.39, 0.29) is 5.91 Å². The Morgan fingerprint density at radius 2 is 1.81 bits per heavy atom. The van der Waals surface area contributed by atoms with Crippen LogP contribution in [-0.4, -0.2) is 24.1 Å². The number of nitrogens with zero attached hydrogens (tertiary/aromatic N) is 1. The Morgan fingerprint density at radius 3 is 2.58 bits per heavy atom. The van der Waals surface area contributed by atoms with Gasteiger partial charge in [0.15, 0.2) is 0 Å². The summed E-state index contributed by atoms with van der Waals surface area (Å²) in [7, 11) is 0. The van der Waals surface area contributed by atoms with Gasteiger partial charge in [-0.1, -0.05) is 46.3 Å². The second kappa shape index (κ2) is 7.17. The van der Waals surface area contributed by atoms with E-state index in [1.807, 2.05) is 54.6 Å². The highest BCUT2D eigenvalue weighted by atomic mass is 79.9. The molecule has 1 aliphatic heterocycles. The van der Waals surface area contributed by atoms with Gasteiger partial charge in [-0.2, -0.15) is 0 Å². The molecule has 0 saturated carbocycles. The molecule has 0 aliphatic carbocycles. The zero-order chi connectivity index (χ0) is 18.0. The summed E-state index contributed by atoms with van der Waals surface area (Å²) in [6.45, 7) is 1.17. The minimum atomic E-state index is -0.579. The maximum atomic E-state index is 13.3. The maximum Gasteiger partial charge on any atom is 0.235 e. The van der Waals surface area contributed by atoms with Gasteiger partial charge in [0.1, 0.15) is 0 Å². The molecule has 1 saturated heterocycles. The number of aromatic nitrogens is 1. The van der Waals surface area contributed by atoms with Crippen molar-refractivity contribution in [2.75, 3.05) is 18.5 Å². The number of fused-ring (bicyclic) bond motifs is 1. The van der Waals surface area contributed by atoms with E-state index in [1.54, 1.807) is 6.20 Å². The van der Waals surface area contributed by atoms with Crippen LogP contribution >= 0.6 is 15.9 Å². The first kappa shape index (κ1) is 17.2. The normalized spacial score (nSPS) is 16.3. The molecular weight excluding hydrogens is 392 g/mol. The minimum Gasteiger partial charge on any atom is -0.381 e.